The Balaban J connectivity index is 2.12. The van der Waals surface area contributed by atoms with Gasteiger partial charge in [-0.3, -0.25) is 9.69 Å². The summed E-state index contributed by atoms with van der Waals surface area (Å²) in [6.45, 7) is 1.71. The van der Waals surface area contributed by atoms with Gasteiger partial charge in [-0.2, -0.15) is 0 Å². The molecule has 22 heavy (non-hydrogen) atoms. The van der Waals surface area contributed by atoms with Gasteiger partial charge in [-0.1, -0.05) is 0 Å². The van der Waals surface area contributed by atoms with E-state index in [1.54, 1.807) is 0 Å². The first-order valence-electron chi connectivity index (χ1n) is 6.53. The van der Waals surface area contributed by atoms with E-state index >= 15 is 0 Å². The fraction of sp³-hybridized carbons (Fsp3) is 0.357. The van der Waals surface area contributed by atoms with Gasteiger partial charge in [0.2, 0.25) is 5.91 Å². The van der Waals surface area contributed by atoms with E-state index < -0.39 is 24.0 Å². The van der Waals surface area contributed by atoms with Gasteiger partial charge < -0.3 is 14.8 Å². The third kappa shape index (κ3) is 3.33. The number of carbonyl (C=O) groups excluding carboxylic acids is 3. The van der Waals surface area contributed by atoms with Crippen molar-refractivity contribution in [3.63, 3.8) is 0 Å². The Morgan fingerprint density at radius 2 is 2.23 bits per heavy atom. The zero-order valence-corrected chi connectivity index (χ0v) is 12.1. The first-order chi connectivity index (χ1) is 10.4. The highest BCUT2D eigenvalue weighted by Crippen LogP contribution is 2.24. The number of hydrogen-bond donors (Lipinski definition) is 1. The first kappa shape index (κ1) is 15.7. The van der Waals surface area contributed by atoms with E-state index in [0.717, 1.165) is 13.2 Å². The van der Waals surface area contributed by atoms with Gasteiger partial charge in [-0.25, -0.2) is 14.0 Å². The van der Waals surface area contributed by atoms with Crippen LogP contribution in [0.2, 0.25) is 0 Å². The van der Waals surface area contributed by atoms with Crippen LogP contribution in [0.1, 0.15) is 17.3 Å². The number of nitrogens with zero attached hydrogens (tertiary/aromatic N) is 1. The van der Waals surface area contributed by atoms with Crippen molar-refractivity contribution in [2.45, 2.75) is 13.0 Å². The molecular weight excluding hydrogens is 295 g/mol. The molecule has 0 spiro atoms. The predicted molar refractivity (Wildman–Crippen MR) is 74.0 cm³/mol. The van der Waals surface area contributed by atoms with Gasteiger partial charge in [0.1, 0.15) is 11.9 Å². The summed E-state index contributed by atoms with van der Waals surface area (Å²) in [6, 6.07) is 3.73. The number of anilines is 1. The molecule has 0 aromatic heterocycles. The summed E-state index contributed by atoms with van der Waals surface area (Å²) < 4.78 is 23.4. The number of nitrogens with one attached hydrogen (secondary N) is 1. The van der Waals surface area contributed by atoms with Crippen LogP contribution in [0.3, 0.4) is 0 Å². The zero-order chi connectivity index (χ0) is 16.3. The normalized spacial score (nSPS) is 17.1. The molecule has 1 aliphatic rings. The number of cyclic esters (lactones) is 1. The maximum atomic E-state index is 13.9. The van der Waals surface area contributed by atoms with Crippen molar-refractivity contribution in [1.29, 1.82) is 0 Å². The molecule has 1 heterocycles. The van der Waals surface area contributed by atoms with Crippen molar-refractivity contribution in [3.8, 4) is 0 Å². The van der Waals surface area contributed by atoms with E-state index in [2.05, 4.69) is 10.1 Å². The second kappa shape index (κ2) is 6.42. The molecule has 118 valence electrons. The summed E-state index contributed by atoms with van der Waals surface area (Å²) in [4.78, 5) is 35.2. The van der Waals surface area contributed by atoms with E-state index in [4.69, 9.17) is 4.74 Å². The van der Waals surface area contributed by atoms with E-state index in [1.807, 2.05) is 0 Å². The van der Waals surface area contributed by atoms with Gasteiger partial charge in [-0.15, -0.1) is 0 Å². The fourth-order valence-corrected chi connectivity index (χ4v) is 2.04. The summed E-state index contributed by atoms with van der Waals surface area (Å²) >= 11 is 0. The standard InChI is InChI=1S/C14H15FN2O5/c1-8(18)16-6-10-7-17(14(20)22-10)9-3-4-11(12(15)5-9)13(19)21-2/h3-5,10H,6-7H2,1-2H3,(H,16,18)/t10-/m0/s1. The lowest BCUT2D eigenvalue weighted by molar-refractivity contribution is -0.119. The molecule has 0 unspecified atom stereocenters. The van der Waals surface area contributed by atoms with Crippen LogP contribution in [0.5, 0.6) is 0 Å². The first-order valence-corrected chi connectivity index (χ1v) is 6.53. The average Bonchev–Trinajstić information content (AvgIpc) is 2.85. The molecular formula is C14H15FN2O5. The number of halogens is 1. The topological polar surface area (TPSA) is 84.9 Å². The summed E-state index contributed by atoms with van der Waals surface area (Å²) in [7, 11) is 1.15. The van der Waals surface area contributed by atoms with E-state index in [9.17, 15) is 18.8 Å². The SMILES string of the molecule is COC(=O)c1ccc(N2C[C@H](CNC(C)=O)OC2=O)cc1F. The van der Waals surface area contributed by atoms with E-state index in [0.29, 0.717) is 0 Å². The molecule has 1 fully saturated rings. The molecule has 7 nitrogen and oxygen atoms in total. The Bertz CT molecular complexity index is 619. The number of rotatable bonds is 4. The molecule has 1 atom stereocenters. The van der Waals surface area contributed by atoms with E-state index in [1.165, 1.54) is 24.0 Å². The Labute approximate surface area is 126 Å². The highest BCUT2D eigenvalue weighted by atomic mass is 19.1. The quantitative estimate of drug-likeness (QED) is 0.841. The number of ether oxygens (including phenoxy) is 2. The third-order valence-electron chi connectivity index (χ3n) is 3.12. The van der Waals surface area contributed by atoms with Gasteiger partial charge in [-0.05, 0) is 18.2 Å². The molecule has 0 radical (unpaired) electrons. The molecule has 1 N–H and O–H groups in total. The van der Waals surface area contributed by atoms with Crippen LogP contribution in [0.25, 0.3) is 0 Å². The van der Waals surface area contributed by atoms with Crippen LogP contribution in [-0.2, 0) is 14.3 Å². The number of benzene rings is 1. The highest BCUT2D eigenvalue weighted by molar-refractivity contribution is 5.93. The molecule has 0 bridgehead atoms. The van der Waals surface area contributed by atoms with Crippen molar-refractivity contribution < 1.29 is 28.2 Å². The molecule has 1 aromatic carbocycles. The Kier molecular flexibility index (Phi) is 4.59. The largest absolute Gasteiger partial charge is 0.465 e. The van der Waals surface area contributed by atoms with Crippen LogP contribution in [0, 0.1) is 5.82 Å². The molecule has 2 rings (SSSR count). The second-order valence-electron chi connectivity index (χ2n) is 4.71. The summed E-state index contributed by atoms with van der Waals surface area (Å²) in [6.07, 6.45) is -1.15. The zero-order valence-electron chi connectivity index (χ0n) is 12.1. The highest BCUT2D eigenvalue weighted by Gasteiger charge is 2.32. The smallest absolute Gasteiger partial charge is 0.414 e. The van der Waals surface area contributed by atoms with Crippen molar-refractivity contribution in [3.05, 3.63) is 29.6 Å². The minimum Gasteiger partial charge on any atom is -0.465 e. The second-order valence-corrected chi connectivity index (χ2v) is 4.71. The van der Waals surface area contributed by atoms with Gasteiger partial charge >= 0.3 is 12.1 Å². The van der Waals surface area contributed by atoms with Crippen molar-refractivity contribution in [2.75, 3.05) is 25.1 Å². The van der Waals surface area contributed by atoms with Gasteiger partial charge in [0, 0.05) is 6.92 Å². The van der Waals surface area contributed by atoms with Gasteiger partial charge in [0.15, 0.2) is 0 Å². The third-order valence-corrected chi connectivity index (χ3v) is 3.12. The lowest BCUT2D eigenvalue weighted by atomic mass is 10.2. The predicted octanol–water partition coefficient (Wildman–Crippen LogP) is 1.07. The number of hydrogen-bond acceptors (Lipinski definition) is 5. The van der Waals surface area contributed by atoms with Crippen LogP contribution in [0.4, 0.5) is 14.9 Å². The molecule has 8 heteroatoms. The monoisotopic (exact) mass is 310 g/mol. The van der Waals surface area contributed by atoms with Gasteiger partial charge in [0.05, 0.1) is 31.5 Å². The fourth-order valence-electron chi connectivity index (χ4n) is 2.04. The van der Waals surface area contributed by atoms with Crippen LogP contribution in [-0.4, -0.2) is 44.3 Å². The number of amides is 2. The number of methoxy groups -OCH3 is 1. The van der Waals surface area contributed by atoms with Gasteiger partial charge in [0.25, 0.3) is 0 Å². The van der Waals surface area contributed by atoms with Crippen LogP contribution < -0.4 is 10.2 Å². The Hall–Kier alpha value is -2.64. The molecule has 2 amide bonds. The average molecular weight is 310 g/mol. The maximum Gasteiger partial charge on any atom is 0.414 e. The molecule has 1 saturated heterocycles. The minimum absolute atomic E-state index is 0.177. The molecule has 0 aliphatic carbocycles. The van der Waals surface area contributed by atoms with Crippen LogP contribution >= 0.6 is 0 Å². The van der Waals surface area contributed by atoms with Crippen molar-refractivity contribution in [1.82, 2.24) is 5.32 Å². The van der Waals surface area contributed by atoms with Crippen molar-refractivity contribution in [2.24, 2.45) is 0 Å². The lowest BCUT2D eigenvalue weighted by Gasteiger charge is -2.14. The van der Waals surface area contributed by atoms with E-state index in [-0.39, 0.29) is 30.2 Å². The Morgan fingerprint density at radius 3 is 2.82 bits per heavy atom. The van der Waals surface area contributed by atoms with Crippen LogP contribution in [0.15, 0.2) is 18.2 Å². The summed E-state index contributed by atoms with van der Waals surface area (Å²) in [5.41, 5.74) is 0.0501. The molecule has 1 aromatic rings. The Morgan fingerprint density at radius 1 is 1.50 bits per heavy atom. The maximum absolute atomic E-state index is 13.9. The number of esters is 1. The summed E-state index contributed by atoms with van der Waals surface area (Å²) in [5.74, 6) is -1.82. The number of carbonyl (C=O) groups is 3. The lowest BCUT2D eigenvalue weighted by Crippen LogP contribution is -2.33. The summed E-state index contributed by atoms with van der Waals surface area (Å²) in [5, 5.41) is 2.54. The minimum atomic E-state index is -0.795. The van der Waals surface area contributed by atoms with Crippen molar-refractivity contribution >= 4 is 23.7 Å². The molecule has 1 aliphatic heterocycles. The molecule has 0 saturated carbocycles.